The van der Waals surface area contributed by atoms with E-state index in [1.165, 1.54) is 0 Å². The Hall–Kier alpha value is -0.590. The molecule has 0 rings (SSSR count). The lowest BCUT2D eigenvalue weighted by atomic mass is 9.90. The van der Waals surface area contributed by atoms with Crippen molar-refractivity contribution in [3.8, 4) is 6.07 Å². The minimum Gasteiger partial charge on any atom is -0.391 e. The van der Waals surface area contributed by atoms with Crippen molar-refractivity contribution in [3.05, 3.63) is 0 Å². The number of ether oxygens (including phenoxy) is 1. The molecule has 1 N–H and O–H groups in total. The van der Waals surface area contributed by atoms with Gasteiger partial charge in [0.1, 0.15) is 0 Å². The van der Waals surface area contributed by atoms with E-state index in [-0.39, 0.29) is 11.8 Å². The lowest BCUT2D eigenvalue weighted by Crippen LogP contribution is -2.29. The molecule has 76 valence electrons. The van der Waals surface area contributed by atoms with Gasteiger partial charge in [-0.2, -0.15) is 5.26 Å². The van der Waals surface area contributed by atoms with E-state index in [4.69, 9.17) is 10.00 Å². The summed E-state index contributed by atoms with van der Waals surface area (Å²) in [7, 11) is 1.60. The van der Waals surface area contributed by atoms with Crippen molar-refractivity contribution in [2.75, 3.05) is 13.7 Å². The molecule has 0 fully saturated rings. The van der Waals surface area contributed by atoms with Crippen molar-refractivity contribution in [1.29, 1.82) is 5.26 Å². The Kier molecular flexibility index (Phi) is 6.56. The zero-order valence-electron chi connectivity index (χ0n) is 8.66. The summed E-state index contributed by atoms with van der Waals surface area (Å²) in [6.07, 6.45) is 1.12. The van der Waals surface area contributed by atoms with Crippen molar-refractivity contribution in [2.24, 2.45) is 11.8 Å². The Labute approximate surface area is 80.3 Å². The largest absolute Gasteiger partial charge is 0.391 e. The Morgan fingerprint density at radius 1 is 1.54 bits per heavy atom. The third-order valence-electron chi connectivity index (χ3n) is 2.19. The van der Waals surface area contributed by atoms with Gasteiger partial charge >= 0.3 is 0 Å². The second-order valence-electron chi connectivity index (χ2n) is 3.45. The second kappa shape index (κ2) is 6.88. The van der Waals surface area contributed by atoms with E-state index in [2.05, 4.69) is 6.07 Å². The van der Waals surface area contributed by atoms with Crippen molar-refractivity contribution in [2.45, 2.75) is 32.8 Å². The van der Waals surface area contributed by atoms with Gasteiger partial charge in [0.2, 0.25) is 0 Å². The average Bonchev–Trinajstić information content (AvgIpc) is 2.13. The molecule has 0 radical (unpaired) electrons. The highest BCUT2D eigenvalue weighted by molar-refractivity contribution is 4.89. The highest BCUT2D eigenvalue weighted by Crippen LogP contribution is 2.17. The van der Waals surface area contributed by atoms with E-state index in [0.717, 1.165) is 12.8 Å². The van der Waals surface area contributed by atoms with Gasteiger partial charge in [0, 0.05) is 13.0 Å². The Morgan fingerprint density at radius 2 is 2.15 bits per heavy atom. The average molecular weight is 185 g/mol. The van der Waals surface area contributed by atoms with Crippen LogP contribution >= 0.6 is 0 Å². The molecule has 0 spiro atoms. The Morgan fingerprint density at radius 3 is 2.54 bits per heavy atom. The van der Waals surface area contributed by atoms with Gasteiger partial charge in [0.25, 0.3) is 0 Å². The maximum absolute atomic E-state index is 9.74. The lowest BCUT2D eigenvalue weighted by molar-refractivity contribution is 0.0311. The zero-order valence-corrected chi connectivity index (χ0v) is 8.66. The first-order chi connectivity index (χ1) is 6.17. The highest BCUT2D eigenvalue weighted by Gasteiger charge is 2.23. The zero-order chi connectivity index (χ0) is 10.3. The molecule has 0 saturated heterocycles. The summed E-state index contributed by atoms with van der Waals surface area (Å²) in [6, 6.07) is 2.14. The van der Waals surface area contributed by atoms with Crippen LogP contribution in [0, 0.1) is 23.2 Å². The molecule has 3 nitrogen and oxygen atoms in total. The monoisotopic (exact) mass is 185 g/mol. The van der Waals surface area contributed by atoms with Crippen molar-refractivity contribution in [3.63, 3.8) is 0 Å². The van der Waals surface area contributed by atoms with Gasteiger partial charge in [-0.05, 0) is 6.42 Å². The molecule has 0 saturated carbocycles. The molecule has 0 aliphatic carbocycles. The maximum Gasteiger partial charge on any atom is 0.0745 e. The molecule has 13 heavy (non-hydrogen) atoms. The van der Waals surface area contributed by atoms with Gasteiger partial charge in [0.15, 0.2) is 0 Å². The van der Waals surface area contributed by atoms with Crippen LogP contribution in [0.5, 0.6) is 0 Å². The molecule has 3 atom stereocenters. The van der Waals surface area contributed by atoms with Crippen LogP contribution in [0.15, 0.2) is 0 Å². The summed E-state index contributed by atoms with van der Waals surface area (Å²) in [5.41, 5.74) is 0. The van der Waals surface area contributed by atoms with Crippen LogP contribution in [-0.2, 0) is 4.74 Å². The van der Waals surface area contributed by atoms with Crippen molar-refractivity contribution in [1.82, 2.24) is 0 Å². The Balaban J connectivity index is 4.04. The number of nitriles is 1. The fraction of sp³-hybridized carbons (Fsp3) is 0.900. The molecule has 0 aliphatic rings. The highest BCUT2D eigenvalue weighted by atomic mass is 16.5. The van der Waals surface area contributed by atoms with Gasteiger partial charge in [-0.15, -0.1) is 0 Å². The summed E-state index contributed by atoms with van der Waals surface area (Å²) < 4.78 is 4.93. The van der Waals surface area contributed by atoms with Crippen LogP contribution in [-0.4, -0.2) is 24.9 Å². The predicted octanol–water partition coefficient (Wildman–Crippen LogP) is 1.57. The molecule has 3 heteroatoms. The van der Waals surface area contributed by atoms with E-state index in [1.807, 2.05) is 13.8 Å². The molecular formula is C10H19NO2. The van der Waals surface area contributed by atoms with E-state index in [1.54, 1.807) is 7.11 Å². The number of methoxy groups -OCH3 is 1. The third-order valence-corrected chi connectivity index (χ3v) is 2.19. The minimum absolute atomic E-state index is 0.0289. The van der Waals surface area contributed by atoms with Gasteiger partial charge < -0.3 is 9.84 Å². The van der Waals surface area contributed by atoms with E-state index in [9.17, 15) is 5.11 Å². The molecule has 0 aromatic rings. The number of rotatable bonds is 6. The number of hydrogen-bond donors (Lipinski definition) is 1. The van der Waals surface area contributed by atoms with Gasteiger partial charge in [-0.1, -0.05) is 20.3 Å². The third kappa shape index (κ3) is 4.25. The number of nitrogens with zero attached hydrogens (tertiary/aromatic N) is 1. The molecule has 3 unspecified atom stereocenters. The first-order valence-corrected chi connectivity index (χ1v) is 4.74. The SMILES string of the molecule is CCCC(C#N)C(O)C(C)COC. The summed E-state index contributed by atoms with van der Waals surface area (Å²) in [4.78, 5) is 0. The molecule has 0 heterocycles. The van der Waals surface area contributed by atoms with Gasteiger partial charge in [0.05, 0.1) is 24.7 Å². The number of hydrogen-bond acceptors (Lipinski definition) is 3. The van der Waals surface area contributed by atoms with E-state index < -0.39 is 6.10 Å². The first-order valence-electron chi connectivity index (χ1n) is 4.74. The summed E-state index contributed by atoms with van der Waals surface area (Å²) in [5.74, 6) is -0.226. The second-order valence-corrected chi connectivity index (χ2v) is 3.45. The summed E-state index contributed by atoms with van der Waals surface area (Å²) in [6.45, 7) is 4.41. The Bertz CT molecular complexity index is 165. The topological polar surface area (TPSA) is 53.2 Å². The standard InChI is InChI=1S/C10H19NO2/c1-4-5-9(6-11)10(12)8(2)7-13-3/h8-10,12H,4-5,7H2,1-3H3. The number of aliphatic hydroxyl groups excluding tert-OH is 1. The van der Waals surface area contributed by atoms with Crippen LogP contribution in [0.2, 0.25) is 0 Å². The van der Waals surface area contributed by atoms with Crippen LogP contribution < -0.4 is 0 Å². The first kappa shape index (κ1) is 12.4. The fourth-order valence-corrected chi connectivity index (χ4v) is 1.38. The molecule has 0 aliphatic heterocycles. The van der Waals surface area contributed by atoms with Gasteiger partial charge in [-0.25, -0.2) is 0 Å². The normalized spacial score (nSPS) is 17.5. The summed E-state index contributed by atoms with van der Waals surface area (Å²) >= 11 is 0. The molecule has 0 amide bonds. The molecular weight excluding hydrogens is 166 g/mol. The smallest absolute Gasteiger partial charge is 0.0745 e. The van der Waals surface area contributed by atoms with Crippen molar-refractivity contribution >= 4 is 0 Å². The molecule has 0 bridgehead atoms. The van der Waals surface area contributed by atoms with Crippen LogP contribution in [0.25, 0.3) is 0 Å². The van der Waals surface area contributed by atoms with E-state index >= 15 is 0 Å². The van der Waals surface area contributed by atoms with Crippen LogP contribution in [0.4, 0.5) is 0 Å². The quantitative estimate of drug-likeness (QED) is 0.683. The fourth-order valence-electron chi connectivity index (χ4n) is 1.38. The number of aliphatic hydroxyl groups is 1. The van der Waals surface area contributed by atoms with Crippen LogP contribution in [0.1, 0.15) is 26.7 Å². The predicted molar refractivity (Wildman–Crippen MR) is 51.1 cm³/mol. The van der Waals surface area contributed by atoms with E-state index in [0.29, 0.717) is 6.61 Å². The minimum atomic E-state index is -0.565. The van der Waals surface area contributed by atoms with Crippen molar-refractivity contribution < 1.29 is 9.84 Å². The van der Waals surface area contributed by atoms with Crippen LogP contribution in [0.3, 0.4) is 0 Å². The lowest BCUT2D eigenvalue weighted by Gasteiger charge is -2.21. The molecule has 0 aromatic heterocycles. The molecule has 0 aromatic carbocycles. The maximum atomic E-state index is 9.74. The summed E-state index contributed by atoms with van der Waals surface area (Å²) in [5, 5.41) is 18.5. The van der Waals surface area contributed by atoms with Gasteiger partial charge in [-0.3, -0.25) is 0 Å².